The second-order valence-corrected chi connectivity index (χ2v) is 5.46. The molecule has 1 unspecified atom stereocenters. The lowest BCUT2D eigenvalue weighted by Crippen LogP contribution is -2.33. The van der Waals surface area contributed by atoms with Crippen LogP contribution in [0.3, 0.4) is 0 Å². The third-order valence-electron chi connectivity index (χ3n) is 3.28. The molecule has 0 saturated heterocycles. The van der Waals surface area contributed by atoms with Gasteiger partial charge in [0.1, 0.15) is 6.33 Å². The molecule has 1 aliphatic heterocycles. The molecule has 0 saturated carbocycles. The van der Waals surface area contributed by atoms with Crippen molar-refractivity contribution in [2.24, 2.45) is 0 Å². The summed E-state index contributed by atoms with van der Waals surface area (Å²) in [7, 11) is 1.97. The van der Waals surface area contributed by atoms with Crippen molar-refractivity contribution in [2.75, 3.05) is 18.5 Å². The lowest BCUT2D eigenvalue weighted by molar-refractivity contribution is 0.559. The molecule has 3 heterocycles. The van der Waals surface area contributed by atoms with Crippen molar-refractivity contribution in [1.82, 2.24) is 25.1 Å². The zero-order chi connectivity index (χ0) is 12.5. The highest BCUT2D eigenvalue weighted by atomic mass is 32.1. The van der Waals surface area contributed by atoms with E-state index in [4.69, 9.17) is 0 Å². The molecule has 1 N–H and O–H groups in total. The van der Waals surface area contributed by atoms with Crippen LogP contribution in [0.5, 0.6) is 0 Å². The van der Waals surface area contributed by atoms with Gasteiger partial charge in [-0.3, -0.25) is 0 Å². The Labute approximate surface area is 110 Å². The molecule has 0 amide bonds. The number of nitrogens with one attached hydrogen (secondary N) is 1. The molecule has 7 heteroatoms. The van der Waals surface area contributed by atoms with E-state index >= 15 is 0 Å². The fourth-order valence-electron chi connectivity index (χ4n) is 2.00. The van der Waals surface area contributed by atoms with Crippen LogP contribution >= 0.6 is 11.3 Å². The quantitative estimate of drug-likeness (QED) is 0.897. The summed E-state index contributed by atoms with van der Waals surface area (Å²) in [5.74, 6) is 1.01. The van der Waals surface area contributed by atoms with Crippen molar-refractivity contribution in [2.45, 2.75) is 26.1 Å². The predicted octanol–water partition coefficient (Wildman–Crippen LogP) is 1.04. The maximum absolute atomic E-state index is 4.51. The fourth-order valence-corrected chi connectivity index (χ4v) is 3.00. The molecule has 0 spiro atoms. The fraction of sp³-hybridized carbons (Fsp3) is 0.545. The molecule has 96 valence electrons. The van der Waals surface area contributed by atoms with Crippen molar-refractivity contribution in [3.63, 3.8) is 0 Å². The van der Waals surface area contributed by atoms with Gasteiger partial charge in [-0.1, -0.05) is 0 Å². The molecule has 0 radical (unpaired) electrons. The highest BCUT2D eigenvalue weighted by Gasteiger charge is 2.20. The first-order valence-corrected chi connectivity index (χ1v) is 6.84. The molecular formula is C11H16N6S. The van der Waals surface area contributed by atoms with Crippen molar-refractivity contribution >= 4 is 16.5 Å². The molecular weight excluding hydrogens is 248 g/mol. The number of nitrogens with zero attached hydrogens (tertiary/aromatic N) is 5. The molecule has 2 aromatic rings. The van der Waals surface area contributed by atoms with Gasteiger partial charge < -0.3 is 14.8 Å². The summed E-state index contributed by atoms with van der Waals surface area (Å²) < 4.78 is 2.10. The van der Waals surface area contributed by atoms with Gasteiger partial charge in [0.15, 0.2) is 11.0 Å². The van der Waals surface area contributed by atoms with Crippen LogP contribution in [-0.4, -0.2) is 33.3 Å². The predicted molar refractivity (Wildman–Crippen MR) is 70.7 cm³/mol. The van der Waals surface area contributed by atoms with Gasteiger partial charge in [-0.2, -0.15) is 0 Å². The summed E-state index contributed by atoms with van der Waals surface area (Å²) >= 11 is 1.74. The number of thiazole rings is 1. The van der Waals surface area contributed by atoms with Gasteiger partial charge in [-0.25, -0.2) is 4.98 Å². The summed E-state index contributed by atoms with van der Waals surface area (Å²) in [5.41, 5.74) is 0. The van der Waals surface area contributed by atoms with E-state index in [1.54, 1.807) is 17.7 Å². The lowest BCUT2D eigenvalue weighted by atomic mass is 10.3. The van der Waals surface area contributed by atoms with E-state index in [0.29, 0.717) is 6.04 Å². The van der Waals surface area contributed by atoms with E-state index in [-0.39, 0.29) is 0 Å². The van der Waals surface area contributed by atoms with Crippen LogP contribution in [-0.2, 0) is 13.1 Å². The van der Waals surface area contributed by atoms with Crippen LogP contribution in [0.15, 0.2) is 12.5 Å². The number of fused-ring (bicyclic) bond motifs is 1. The Bertz CT molecular complexity index is 533. The number of rotatable bonds is 3. The Hall–Kier alpha value is -1.47. The zero-order valence-electron chi connectivity index (χ0n) is 10.5. The molecule has 1 atom stereocenters. The van der Waals surface area contributed by atoms with Gasteiger partial charge in [0.25, 0.3) is 0 Å². The minimum atomic E-state index is 0.352. The molecule has 18 heavy (non-hydrogen) atoms. The average molecular weight is 264 g/mol. The normalized spacial score (nSPS) is 16.7. The Morgan fingerprint density at radius 1 is 1.44 bits per heavy atom. The SMILES string of the molecule is CNC(C)c1cnc(N2CCn3cnnc3C2)s1. The number of aromatic nitrogens is 4. The second-order valence-electron chi connectivity index (χ2n) is 4.42. The summed E-state index contributed by atoms with van der Waals surface area (Å²) in [4.78, 5) is 8.04. The van der Waals surface area contributed by atoms with E-state index in [9.17, 15) is 0 Å². The maximum Gasteiger partial charge on any atom is 0.186 e. The summed E-state index contributed by atoms with van der Waals surface area (Å²) in [6.07, 6.45) is 3.75. The molecule has 1 aliphatic rings. The first-order chi connectivity index (χ1) is 8.78. The van der Waals surface area contributed by atoms with Crippen LogP contribution in [0.1, 0.15) is 23.7 Å². The smallest absolute Gasteiger partial charge is 0.186 e. The molecule has 6 nitrogen and oxygen atoms in total. The van der Waals surface area contributed by atoms with Crippen molar-refractivity contribution < 1.29 is 0 Å². The molecule has 0 aliphatic carbocycles. The van der Waals surface area contributed by atoms with E-state index in [0.717, 1.165) is 30.6 Å². The Morgan fingerprint density at radius 2 is 2.33 bits per heavy atom. The minimum absolute atomic E-state index is 0.352. The molecule has 0 fully saturated rings. The van der Waals surface area contributed by atoms with E-state index in [2.05, 4.69) is 36.9 Å². The number of hydrogen-bond acceptors (Lipinski definition) is 6. The Balaban J connectivity index is 1.78. The number of anilines is 1. The van der Waals surface area contributed by atoms with Crippen LogP contribution in [0.4, 0.5) is 5.13 Å². The van der Waals surface area contributed by atoms with E-state index in [1.165, 1.54) is 4.88 Å². The van der Waals surface area contributed by atoms with Crippen LogP contribution < -0.4 is 10.2 Å². The second kappa shape index (κ2) is 4.66. The molecule has 0 aromatic carbocycles. The highest BCUT2D eigenvalue weighted by molar-refractivity contribution is 7.15. The third-order valence-corrected chi connectivity index (χ3v) is 4.52. The lowest BCUT2D eigenvalue weighted by Gasteiger charge is -2.26. The minimum Gasteiger partial charge on any atom is -0.339 e. The summed E-state index contributed by atoms with van der Waals surface area (Å²) in [6, 6.07) is 0.352. The van der Waals surface area contributed by atoms with Gasteiger partial charge in [-0.05, 0) is 14.0 Å². The Morgan fingerprint density at radius 3 is 3.17 bits per heavy atom. The van der Waals surface area contributed by atoms with Gasteiger partial charge in [-0.15, -0.1) is 21.5 Å². The van der Waals surface area contributed by atoms with Gasteiger partial charge >= 0.3 is 0 Å². The zero-order valence-corrected chi connectivity index (χ0v) is 11.3. The van der Waals surface area contributed by atoms with Gasteiger partial charge in [0.05, 0.1) is 6.54 Å². The first-order valence-electron chi connectivity index (χ1n) is 6.02. The summed E-state index contributed by atoms with van der Waals surface area (Å²) in [5, 5.41) is 12.4. The molecule has 0 bridgehead atoms. The van der Waals surface area contributed by atoms with Gasteiger partial charge in [0.2, 0.25) is 0 Å². The van der Waals surface area contributed by atoms with E-state index in [1.807, 2.05) is 13.2 Å². The molecule has 2 aromatic heterocycles. The molecule has 3 rings (SSSR count). The largest absolute Gasteiger partial charge is 0.339 e. The van der Waals surface area contributed by atoms with Crippen LogP contribution in [0.25, 0.3) is 0 Å². The van der Waals surface area contributed by atoms with Crippen molar-refractivity contribution in [1.29, 1.82) is 0 Å². The van der Waals surface area contributed by atoms with Crippen LogP contribution in [0.2, 0.25) is 0 Å². The van der Waals surface area contributed by atoms with E-state index < -0.39 is 0 Å². The van der Waals surface area contributed by atoms with Gasteiger partial charge in [0, 0.05) is 30.2 Å². The Kier molecular flexibility index (Phi) is 3.00. The first kappa shape index (κ1) is 11.6. The monoisotopic (exact) mass is 264 g/mol. The van der Waals surface area contributed by atoms with Crippen LogP contribution in [0, 0.1) is 0 Å². The number of hydrogen-bond donors (Lipinski definition) is 1. The average Bonchev–Trinajstić information content (AvgIpc) is 3.05. The van der Waals surface area contributed by atoms with Crippen molar-refractivity contribution in [3.05, 3.63) is 23.2 Å². The topological polar surface area (TPSA) is 58.9 Å². The third kappa shape index (κ3) is 1.99. The summed E-state index contributed by atoms with van der Waals surface area (Å²) in [6.45, 7) is 4.83. The van der Waals surface area contributed by atoms with Crippen molar-refractivity contribution in [3.8, 4) is 0 Å². The maximum atomic E-state index is 4.51. The standard InChI is InChI=1S/C11H16N6S/c1-8(12-2)9-5-13-11(18-9)16-3-4-17-7-14-15-10(17)6-16/h5,7-8,12H,3-4,6H2,1-2H3. The highest BCUT2D eigenvalue weighted by Crippen LogP contribution is 2.28.